The fraction of sp³-hybridized carbons (Fsp3) is 0.0909. The number of ether oxygens (including phenoxy) is 1. The zero-order chi connectivity index (χ0) is 38.4. The van der Waals surface area contributed by atoms with Gasteiger partial charge in [-0.25, -0.2) is 9.97 Å². The van der Waals surface area contributed by atoms with Gasteiger partial charge in [-0.1, -0.05) is 165 Å². The maximum Gasteiger partial charge on any atom is 0.160 e. The minimum absolute atomic E-state index is 0.352. The quantitative estimate of drug-likeness (QED) is 0.180. The Hall–Kier alpha value is -7.10. The molecular formula is C55H38N2O. The number of fused-ring (bicyclic) bond motifs is 8. The van der Waals surface area contributed by atoms with Crippen LogP contribution in [0, 0.1) is 5.92 Å². The molecule has 274 valence electrons. The first-order chi connectivity index (χ1) is 28.7. The van der Waals surface area contributed by atoms with E-state index in [-0.39, 0.29) is 0 Å². The monoisotopic (exact) mass is 742 g/mol. The van der Waals surface area contributed by atoms with Gasteiger partial charge >= 0.3 is 0 Å². The molecule has 0 radical (unpaired) electrons. The van der Waals surface area contributed by atoms with Crippen LogP contribution in [0.4, 0.5) is 0 Å². The summed E-state index contributed by atoms with van der Waals surface area (Å²) in [5.74, 6) is 2.84. The Morgan fingerprint density at radius 3 is 2.19 bits per heavy atom. The van der Waals surface area contributed by atoms with Crippen LogP contribution in [0.2, 0.25) is 0 Å². The highest BCUT2D eigenvalue weighted by Gasteiger charge is 2.53. The van der Waals surface area contributed by atoms with Crippen LogP contribution < -0.4 is 4.74 Å². The SMILES string of the molecule is CC1CC=CC2=C1C1(c3ccccc3Oc3c(-c4ccccc4-c4cc(-c5cc6c7c(cccc7c5)CC=C6)nc(-c5ccccc5)n4)cccc31)c1ccccc12. The molecule has 1 spiro atoms. The minimum atomic E-state index is -0.488. The van der Waals surface area contributed by atoms with Gasteiger partial charge in [0.1, 0.15) is 11.5 Å². The van der Waals surface area contributed by atoms with Crippen LogP contribution in [0.25, 0.3) is 67.5 Å². The summed E-state index contributed by atoms with van der Waals surface area (Å²) in [5.41, 5.74) is 16.9. The molecule has 0 fully saturated rings. The Morgan fingerprint density at radius 1 is 0.569 bits per heavy atom. The highest BCUT2D eigenvalue weighted by molar-refractivity contribution is 5.99. The highest BCUT2D eigenvalue weighted by atomic mass is 16.5. The van der Waals surface area contributed by atoms with E-state index in [2.05, 4.69) is 183 Å². The molecule has 1 aliphatic heterocycles. The van der Waals surface area contributed by atoms with Crippen LogP contribution in [-0.4, -0.2) is 9.97 Å². The molecular weight excluding hydrogens is 705 g/mol. The van der Waals surface area contributed by atoms with Gasteiger partial charge < -0.3 is 4.74 Å². The lowest BCUT2D eigenvalue weighted by atomic mass is 9.61. The summed E-state index contributed by atoms with van der Waals surface area (Å²) >= 11 is 0. The number of para-hydroxylation sites is 2. The van der Waals surface area contributed by atoms with Crippen molar-refractivity contribution >= 4 is 22.4 Å². The van der Waals surface area contributed by atoms with E-state index in [0.717, 1.165) is 63.5 Å². The molecule has 4 aliphatic rings. The van der Waals surface area contributed by atoms with Gasteiger partial charge in [0.15, 0.2) is 5.82 Å². The Morgan fingerprint density at radius 2 is 1.29 bits per heavy atom. The van der Waals surface area contributed by atoms with Crippen molar-refractivity contribution in [3.8, 4) is 56.5 Å². The molecule has 0 bridgehead atoms. The third-order valence-electron chi connectivity index (χ3n) is 12.8. The maximum absolute atomic E-state index is 7.16. The van der Waals surface area contributed by atoms with Crippen LogP contribution in [0.3, 0.4) is 0 Å². The molecule has 0 saturated carbocycles. The summed E-state index contributed by atoms with van der Waals surface area (Å²) in [4.78, 5) is 10.6. The van der Waals surface area contributed by atoms with Gasteiger partial charge in [0.05, 0.1) is 16.8 Å². The normalized spacial score (nSPS) is 18.1. The molecule has 1 aromatic heterocycles. The molecule has 2 atom stereocenters. The van der Waals surface area contributed by atoms with Gasteiger partial charge in [0.2, 0.25) is 0 Å². The van der Waals surface area contributed by atoms with Gasteiger partial charge in [-0.15, -0.1) is 0 Å². The Labute approximate surface area is 338 Å². The zero-order valence-electron chi connectivity index (χ0n) is 32.1. The largest absolute Gasteiger partial charge is 0.456 e. The lowest BCUT2D eigenvalue weighted by molar-refractivity contribution is 0.426. The molecule has 3 nitrogen and oxygen atoms in total. The molecule has 12 rings (SSSR count). The summed E-state index contributed by atoms with van der Waals surface area (Å²) < 4.78 is 7.16. The molecule has 0 N–H and O–H groups in total. The van der Waals surface area contributed by atoms with Gasteiger partial charge in [0, 0.05) is 33.4 Å². The van der Waals surface area contributed by atoms with Gasteiger partial charge in [-0.3, -0.25) is 0 Å². The number of nitrogens with zero attached hydrogens (tertiary/aromatic N) is 2. The van der Waals surface area contributed by atoms with Crippen molar-refractivity contribution < 1.29 is 4.74 Å². The first-order valence-corrected chi connectivity index (χ1v) is 20.4. The van der Waals surface area contributed by atoms with Crippen LogP contribution >= 0.6 is 0 Å². The molecule has 58 heavy (non-hydrogen) atoms. The lowest BCUT2D eigenvalue weighted by Gasteiger charge is -2.43. The Bertz CT molecular complexity index is 3120. The fourth-order valence-corrected chi connectivity index (χ4v) is 10.4. The van der Waals surface area contributed by atoms with Crippen LogP contribution in [0.15, 0.2) is 182 Å². The van der Waals surface area contributed by atoms with E-state index in [0.29, 0.717) is 11.7 Å². The summed E-state index contributed by atoms with van der Waals surface area (Å²) in [6.07, 6.45) is 11.2. The molecule has 3 aliphatic carbocycles. The second kappa shape index (κ2) is 12.7. The Balaban J connectivity index is 1.10. The van der Waals surface area contributed by atoms with Crippen molar-refractivity contribution in [1.29, 1.82) is 0 Å². The zero-order valence-corrected chi connectivity index (χ0v) is 32.1. The number of hydrogen-bond donors (Lipinski definition) is 0. The van der Waals surface area contributed by atoms with Gasteiger partial charge in [-0.2, -0.15) is 0 Å². The molecule has 2 heterocycles. The first-order valence-electron chi connectivity index (χ1n) is 20.4. The molecule has 0 amide bonds. The number of rotatable bonds is 4. The average molecular weight is 743 g/mol. The van der Waals surface area contributed by atoms with Crippen molar-refractivity contribution in [2.75, 3.05) is 0 Å². The number of allylic oxidation sites excluding steroid dienone is 5. The predicted octanol–water partition coefficient (Wildman–Crippen LogP) is 13.7. The highest BCUT2D eigenvalue weighted by Crippen LogP contribution is 2.65. The van der Waals surface area contributed by atoms with Crippen molar-refractivity contribution in [2.45, 2.75) is 25.2 Å². The van der Waals surface area contributed by atoms with Crippen molar-refractivity contribution in [3.63, 3.8) is 0 Å². The van der Waals surface area contributed by atoms with Crippen molar-refractivity contribution in [1.82, 2.24) is 9.97 Å². The number of hydrogen-bond acceptors (Lipinski definition) is 3. The van der Waals surface area contributed by atoms with E-state index in [1.807, 2.05) is 6.07 Å². The van der Waals surface area contributed by atoms with E-state index in [9.17, 15) is 0 Å². The standard InChI is InChI=1S/C55H38N2O/c1-34-15-11-25-43-41-23-7-8-27-45(41)55(52(34)43)46-28-9-10-30-50(46)58-53-44(26-14-29-47(53)55)40-22-5-6-24-42(40)49-33-48(56-54(57-49)36-16-3-2-4-17-36)39-31-37-20-12-18-35-19-13-21-38(32-39)51(35)37/h2-14,16-18,20-34H,15,19H2,1H3. The Kier molecular flexibility index (Phi) is 7.25. The maximum atomic E-state index is 7.16. The second-order valence-corrected chi connectivity index (χ2v) is 16.0. The summed E-state index contributed by atoms with van der Waals surface area (Å²) in [6, 6.07) is 56.8. The topological polar surface area (TPSA) is 35.0 Å². The lowest BCUT2D eigenvalue weighted by Crippen LogP contribution is -2.35. The second-order valence-electron chi connectivity index (χ2n) is 16.0. The van der Waals surface area contributed by atoms with E-state index in [4.69, 9.17) is 14.7 Å². The third kappa shape index (κ3) is 4.74. The number of benzene rings is 7. The molecule has 7 aromatic carbocycles. The van der Waals surface area contributed by atoms with Gasteiger partial charge in [0.25, 0.3) is 0 Å². The minimum Gasteiger partial charge on any atom is -0.456 e. The summed E-state index contributed by atoms with van der Waals surface area (Å²) in [7, 11) is 0. The smallest absolute Gasteiger partial charge is 0.160 e. The third-order valence-corrected chi connectivity index (χ3v) is 12.8. The molecule has 2 unspecified atom stereocenters. The van der Waals surface area contributed by atoms with Crippen LogP contribution in [0.5, 0.6) is 11.5 Å². The number of aromatic nitrogens is 2. The fourth-order valence-electron chi connectivity index (χ4n) is 10.4. The molecule has 8 aromatic rings. The van der Waals surface area contributed by atoms with E-state index >= 15 is 0 Å². The predicted molar refractivity (Wildman–Crippen MR) is 237 cm³/mol. The van der Waals surface area contributed by atoms with Crippen LogP contribution in [-0.2, 0) is 11.8 Å². The van der Waals surface area contributed by atoms with Crippen molar-refractivity contribution in [3.05, 3.63) is 215 Å². The van der Waals surface area contributed by atoms with Crippen molar-refractivity contribution in [2.24, 2.45) is 5.92 Å². The molecule has 3 heteroatoms. The average Bonchev–Trinajstić information content (AvgIpc) is 3.58. The van der Waals surface area contributed by atoms with Gasteiger partial charge in [-0.05, 0) is 92.8 Å². The van der Waals surface area contributed by atoms with E-state index in [1.54, 1.807) is 0 Å². The summed E-state index contributed by atoms with van der Waals surface area (Å²) in [6.45, 7) is 2.39. The first kappa shape index (κ1) is 33.1. The summed E-state index contributed by atoms with van der Waals surface area (Å²) in [5, 5.41) is 2.56. The van der Waals surface area contributed by atoms with E-state index in [1.165, 1.54) is 55.3 Å². The molecule has 0 saturated heterocycles. The van der Waals surface area contributed by atoms with Crippen LogP contribution in [0.1, 0.15) is 46.7 Å². The van der Waals surface area contributed by atoms with E-state index < -0.39 is 5.41 Å².